The van der Waals surface area contributed by atoms with Crippen molar-refractivity contribution in [1.82, 2.24) is 15.3 Å². The van der Waals surface area contributed by atoms with Crippen LogP contribution >= 0.6 is 0 Å². The second kappa shape index (κ2) is 9.44. The molecule has 176 valence electrons. The van der Waals surface area contributed by atoms with Gasteiger partial charge in [-0.3, -0.25) is 0 Å². The fraction of sp³-hybridized carbons (Fsp3) is 0.375. The number of benzene rings is 2. The molecule has 2 aliphatic rings. The standard InChI is InChI=1S/C24H26F3N3O3/c1-29-22(24(25,26)27)20(14-31)13-30(29)12-17-7-8-18-10-21(11-19(18)9-17)28-23(32)33-15-16-5-3-2-4-6-16/h2-9,13,21-22,31H,10-12,14-15H2,1H3,(H,28,32)/t21-,22?/m1/s1. The number of hydrogen-bond acceptors (Lipinski definition) is 5. The third-order valence-corrected chi connectivity index (χ3v) is 6.02. The molecule has 1 aliphatic heterocycles. The maximum absolute atomic E-state index is 13.4. The number of carbonyl (C=O) groups is 1. The minimum Gasteiger partial charge on any atom is -0.445 e. The summed E-state index contributed by atoms with van der Waals surface area (Å²) in [4.78, 5) is 12.2. The van der Waals surface area contributed by atoms with Crippen molar-refractivity contribution >= 4 is 6.09 Å². The highest BCUT2D eigenvalue weighted by molar-refractivity contribution is 5.68. The highest BCUT2D eigenvalue weighted by Gasteiger charge is 2.49. The number of alkyl carbamates (subject to hydrolysis) is 1. The molecule has 4 rings (SSSR count). The highest BCUT2D eigenvalue weighted by atomic mass is 19.4. The Kier molecular flexibility index (Phi) is 6.62. The predicted octanol–water partition coefficient (Wildman–Crippen LogP) is 3.55. The van der Waals surface area contributed by atoms with E-state index in [9.17, 15) is 23.1 Å². The molecule has 2 atom stereocenters. The monoisotopic (exact) mass is 461 g/mol. The van der Waals surface area contributed by atoms with E-state index in [4.69, 9.17) is 4.74 Å². The fourth-order valence-corrected chi connectivity index (χ4v) is 4.44. The number of aliphatic hydroxyl groups is 1. The number of rotatable bonds is 6. The predicted molar refractivity (Wildman–Crippen MR) is 116 cm³/mol. The van der Waals surface area contributed by atoms with E-state index in [2.05, 4.69) is 5.32 Å². The number of alkyl halides is 3. The average molecular weight is 461 g/mol. The van der Waals surface area contributed by atoms with Crippen molar-refractivity contribution in [3.63, 3.8) is 0 Å². The first-order chi connectivity index (χ1) is 15.7. The summed E-state index contributed by atoms with van der Waals surface area (Å²) in [6, 6.07) is 13.3. The van der Waals surface area contributed by atoms with Crippen molar-refractivity contribution in [3.05, 3.63) is 82.6 Å². The molecule has 0 spiro atoms. The van der Waals surface area contributed by atoms with Gasteiger partial charge in [-0.15, -0.1) is 0 Å². The molecule has 0 aromatic heterocycles. The lowest BCUT2D eigenvalue weighted by Crippen LogP contribution is -2.46. The Hall–Kier alpha value is -3.04. The van der Waals surface area contributed by atoms with Crippen LogP contribution in [0.25, 0.3) is 0 Å². The lowest BCUT2D eigenvalue weighted by Gasteiger charge is -2.31. The molecule has 0 fully saturated rings. The number of amides is 1. The largest absolute Gasteiger partial charge is 0.445 e. The first kappa shape index (κ1) is 23.1. The third-order valence-electron chi connectivity index (χ3n) is 6.02. The molecule has 33 heavy (non-hydrogen) atoms. The van der Waals surface area contributed by atoms with Crippen LogP contribution in [0.4, 0.5) is 18.0 Å². The number of nitrogens with one attached hydrogen (secondary N) is 1. The van der Waals surface area contributed by atoms with E-state index in [1.807, 2.05) is 48.5 Å². The molecule has 0 radical (unpaired) electrons. The topological polar surface area (TPSA) is 65.0 Å². The van der Waals surface area contributed by atoms with Crippen LogP contribution in [0.1, 0.15) is 22.3 Å². The zero-order chi connectivity index (χ0) is 23.6. The molecular formula is C24H26F3N3O3. The second-order valence-corrected chi connectivity index (χ2v) is 8.39. The van der Waals surface area contributed by atoms with Gasteiger partial charge in [0, 0.05) is 24.9 Å². The van der Waals surface area contributed by atoms with Crippen molar-refractivity contribution in [3.8, 4) is 0 Å². The van der Waals surface area contributed by atoms with Crippen LogP contribution in [0.5, 0.6) is 0 Å². The molecule has 2 aromatic carbocycles. The molecule has 1 heterocycles. The van der Waals surface area contributed by atoms with E-state index in [0.717, 1.165) is 27.3 Å². The molecule has 2 aromatic rings. The first-order valence-corrected chi connectivity index (χ1v) is 10.7. The number of ether oxygens (including phenoxy) is 1. The SMILES string of the molecule is CN1C(C(F)(F)F)C(CO)=CN1Cc1ccc2c(c1)C[C@H](NC(=O)OCc1ccccc1)C2. The number of aliphatic hydroxyl groups excluding tert-OH is 1. The van der Waals surface area contributed by atoms with Crippen molar-refractivity contribution in [2.75, 3.05) is 13.7 Å². The maximum Gasteiger partial charge on any atom is 0.409 e. The highest BCUT2D eigenvalue weighted by Crippen LogP contribution is 2.35. The third kappa shape index (κ3) is 5.31. The maximum atomic E-state index is 13.4. The summed E-state index contributed by atoms with van der Waals surface area (Å²) in [7, 11) is 1.37. The molecule has 1 amide bonds. The average Bonchev–Trinajstić information content (AvgIpc) is 3.32. The van der Waals surface area contributed by atoms with Crippen LogP contribution in [-0.2, 0) is 30.7 Å². The van der Waals surface area contributed by atoms with Gasteiger partial charge in [0.1, 0.15) is 12.6 Å². The quantitative estimate of drug-likeness (QED) is 0.689. The van der Waals surface area contributed by atoms with Crippen LogP contribution in [0.2, 0.25) is 0 Å². The fourth-order valence-electron chi connectivity index (χ4n) is 4.44. The van der Waals surface area contributed by atoms with E-state index in [-0.39, 0.29) is 24.8 Å². The molecule has 0 saturated carbocycles. The molecule has 1 unspecified atom stereocenters. The molecule has 0 bridgehead atoms. The van der Waals surface area contributed by atoms with Crippen molar-refractivity contribution in [2.24, 2.45) is 0 Å². The Morgan fingerprint density at radius 2 is 1.85 bits per heavy atom. The summed E-state index contributed by atoms with van der Waals surface area (Å²) in [6.07, 6.45) is -2.29. The minimum absolute atomic E-state index is 0.0792. The summed E-state index contributed by atoms with van der Waals surface area (Å²) < 4.78 is 45.4. The van der Waals surface area contributed by atoms with Gasteiger partial charge in [0.15, 0.2) is 0 Å². The van der Waals surface area contributed by atoms with E-state index in [1.165, 1.54) is 18.3 Å². The van der Waals surface area contributed by atoms with Gasteiger partial charge >= 0.3 is 12.3 Å². The molecule has 2 N–H and O–H groups in total. The lowest BCUT2D eigenvalue weighted by atomic mass is 10.1. The Bertz CT molecular complexity index is 1030. The summed E-state index contributed by atoms with van der Waals surface area (Å²) in [5.74, 6) is 0. The van der Waals surface area contributed by atoms with Crippen LogP contribution in [-0.4, -0.2) is 53.1 Å². The van der Waals surface area contributed by atoms with Crippen molar-refractivity contribution in [2.45, 2.75) is 44.3 Å². The Morgan fingerprint density at radius 1 is 1.12 bits per heavy atom. The van der Waals surface area contributed by atoms with Crippen LogP contribution in [0.3, 0.4) is 0 Å². The number of halogens is 3. The van der Waals surface area contributed by atoms with Gasteiger partial charge in [0.05, 0.1) is 13.2 Å². The number of likely N-dealkylation sites (N-methyl/N-ethyl adjacent to an activating group) is 1. The smallest absolute Gasteiger partial charge is 0.409 e. The number of carbonyl (C=O) groups excluding carboxylic acids is 1. The van der Waals surface area contributed by atoms with Gasteiger partial charge in [-0.05, 0) is 35.1 Å². The number of hydrogen-bond donors (Lipinski definition) is 2. The Labute approximate surface area is 190 Å². The number of fused-ring (bicyclic) bond motifs is 1. The van der Waals surface area contributed by atoms with E-state index >= 15 is 0 Å². The summed E-state index contributed by atoms with van der Waals surface area (Å²) in [6.45, 7) is -0.206. The summed E-state index contributed by atoms with van der Waals surface area (Å²) in [5.41, 5.74) is 3.84. The number of hydrazine groups is 1. The van der Waals surface area contributed by atoms with Crippen molar-refractivity contribution < 1.29 is 27.8 Å². The molecule has 1 aliphatic carbocycles. The number of nitrogens with zero attached hydrogens (tertiary/aromatic N) is 2. The van der Waals surface area contributed by atoms with Gasteiger partial charge in [0.2, 0.25) is 0 Å². The van der Waals surface area contributed by atoms with Gasteiger partial charge < -0.3 is 20.2 Å². The van der Waals surface area contributed by atoms with Gasteiger partial charge in [-0.25, -0.2) is 9.80 Å². The first-order valence-electron chi connectivity index (χ1n) is 10.7. The zero-order valence-electron chi connectivity index (χ0n) is 18.2. The van der Waals surface area contributed by atoms with Gasteiger partial charge in [0.25, 0.3) is 0 Å². The molecular weight excluding hydrogens is 435 g/mol. The Balaban J connectivity index is 1.34. The van der Waals surface area contributed by atoms with E-state index in [1.54, 1.807) is 0 Å². The summed E-state index contributed by atoms with van der Waals surface area (Å²) >= 11 is 0. The van der Waals surface area contributed by atoms with E-state index < -0.39 is 24.9 Å². The van der Waals surface area contributed by atoms with Crippen LogP contribution < -0.4 is 5.32 Å². The van der Waals surface area contributed by atoms with Gasteiger partial charge in [-0.2, -0.15) is 13.2 Å². The van der Waals surface area contributed by atoms with Crippen LogP contribution in [0.15, 0.2) is 60.3 Å². The zero-order valence-corrected chi connectivity index (χ0v) is 18.2. The van der Waals surface area contributed by atoms with Crippen molar-refractivity contribution in [1.29, 1.82) is 0 Å². The van der Waals surface area contributed by atoms with E-state index in [0.29, 0.717) is 12.8 Å². The van der Waals surface area contributed by atoms with Crippen LogP contribution in [0, 0.1) is 0 Å². The minimum atomic E-state index is -4.47. The molecule has 9 heteroatoms. The lowest BCUT2D eigenvalue weighted by molar-refractivity contribution is -0.190. The molecule has 6 nitrogen and oxygen atoms in total. The summed E-state index contributed by atoms with van der Waals surface area (Å²) in [5, 5.41) is 14.8. The second-order valence-electron chi connectivity index (χ2n) is 8.39. The molecule has 0 saturated heterocycles. The van der Waals surface area contributed by atoms with Gasteiger partial charge in [-0.1, -0.05) is 48.5 Å². The Morgan fingerprint density at radius 3 is 2.52 bits per heavy atom. The normalized spacial score (nSPS) is 20.5.